The van der Waals surface area contributed by atoms with Crippen molar-refractivity contribution < 1.29 is 4.79 Å². The Hall–Kier alpha value is -2.86. The van der Waals surface area contributed by atoms with Gasteiger partial charge in [0.1, 0.15) is 0 Å². The number of amides is 1. The molecule has 1 aliphatic rings. The van der Waals surface area contributed by atoms with E-state index < -0.39 is 0 Å². The predicted molar refractivity (Wildman–Crippen MR) is 118 cm³/mol. The minimum atomic E-state index is -0.0364. The maximum absolute atomic E-state index is 12.4. The average Bonchev–Trinajstić information content (AvgIpc) is 2.74. The Balaban J connectivity index is 1.57. The third-order valence-corrected chi connectivity index (χ3v) is 5.13. The topological polar surface area (TPSA) is 60.0 Å². The van der Waals surface area contributed by atoms with Crippen molar-refractivity contribution in [3.63, 3.8) is 0 Å². The summed E-state index contributed by atoms with van der Waals surface area (Å²) in [5.74, 6) is 0.853. The number of carbonyl (C=O) groups excluding carboxylic acids is 1. The van der Waals surface area contributed by atoms with Crippen LogP contribution in [0.25, 0.3) is 0 Å². The summed E-state index contributed by atoms with van der Waals surface area (Å²) in [5.41, 5.74) is 4.53. The molecule has 0 aliphatic carbocycles. The molecule has 2 aromatic carbocycles. The molecule has 1 amide bonds. The van der Waals surface area contributed by atoms with Crippen molar-refractivity contribution in [3.8, 4) is 0 Å². The van der Waals surface area contributed by atoms with E-state index in [4.69, 9.17) is 0 Å². The molecule has 0 spiro atoms. The SMILES string of the molecule is CN=C(NCc1cccc(C(=O)NCCN(C)C)c1)N1CCc2ccccc2C1. The number of guanidine groups is 1. The first-order valence-corrected chi connectivity index (χ1v) is 10.1. The summed E-state index contributed by atoms with van der Waals surface area (Å²) >= 11 is 0. The Labute approximate surface area is 173 Å². The zero-order valence-electron chi connectivity index (χ0n) is 17.6. The minimum Gasteiger partial charge on any atom is -0.352 e. The first-order valence-electron chi connectivity index (χ1n) is 10.1. The van der Waals surface area contributed by atoms with E-state index in [9.17, 15) is 4.79 Å². The quantitative estimate of drug-likeness (QED) is 0.583. The third kappa shape index (κ3) is 5.81. The minimum absolute atomic E-state index is 0.0364. The van der Waals surface area contributed by atoms with Crippen LogP contribution >= 0.6 is 0 Å². The van der Waals surface area contributed by atoms with Gasteiger partial charge in [-0.3, -0.25) is 9.79 Å². The lowest BCUT2D eigenvalue weighted by molar-refractivity contribution is 0.0951. The standard InChI is InChI=1S/C23H31N5O/c1-24-23(28-13-11-19-8-4-5-9-21(19)17-28)26-16-18-7-6-10-20(15-18)22(29)25-12-14-27(2)3/h4-10,15H,11-14,16-17H2,1-3H3,(H,24,26)(H,25,29). The molecule has 0 unspecified atom stereocenters. The molecular weight excluding hydrogens is 362 g/mol. The smallest absolute Gasteiger partial charge is 0.251 e. The molecule has 0 atom stereocenters. The first-order chi connectivity index (χ1) is 14.1. The Morgan fingerprint density at radius 2 is 1.90 bits per heavy atom. The van der Waals surface area contributed by atoms with Gasteiger partial charge in [0.05, 0.1) is 0 Å². The Morgan fingerprint density at radius 1 is 1.10 bits per heavy atom. The number of nitrogens with zero attached hydrogens (tertiary/aromatic N) is 3. The predicted octanol–water partition coefficient (Wildman–Crippen LogP) is 2.11. The van der Waals surface area contributed by atoms with Crippen LogP contribution in [0.4, 0.5) is 0 Å². The van der Waals surface area contributed by atoms with Gasteiger partial charge in [-0.2, -0.15) is 0 Å². The van der Waals surface area contributed by atoms with E-state index in [1.54, 1.807) is 0 Å². The van der Waals surface area contributed by atoms with Gasteiger partial charge < -0.3 is 20.4 Å². The van der Waals surface area contributed by atoms with Crippen LogP contribution < -0.4 is 10.6 Å². The fourth-order valence-corrected chi connectivity index (χ4v) is 3.51. The Kier molecular flexibility index (Phi) is 7.25. The molecule has 154 valence electrons. The molecule has 2 N–H and O–H groups in total. The maximum atomic E-state index is 12.4. The number of fused-ring (bicyclic) bond motifs is 1. The Bertz CT molecular complexity index is 862. The number of aliphatic imine (C=N–C) groups is 1. The highest BCUT2D eigenvalue weighted by Crippen LogP contribution is 2.18. The molecule has 0 bridgehead atoms. The number of likely N-dealkylation sites (N-methyl/N-ethyl adjacent to an activating group) is 1. The molecule has 0 aromatic heterocycles. The van der Waals surface area contributed by atoms with E-state index in [1.807, 2.05) is 50.3 Å². The van der Waals surface area contributed by atoms with E-state index in [0.717, 1.165) is 37.6 Å². The molecule has 0 saturated heterocycles. The molecule has 6 nitrogen and oxygen atoms in total. The van der Waals surface area contributed by atoms with E-state index in [-0.39, 0.29) is 5.91 Å². The zero-order valence-corrected chi connectivity index (χ0v) is 17.6. The molecule has 1 aliphatic heterocycles. The molecule has 2 aromatic rings. The van der Waals surface area contributed by atoms with Gasteiger partial charge in [0.2, 0.25) is 0 Å². The van der Waals surface area contributed by atoms with E-state index >= 15 is 0 Å². The molecule has 6 heteroatoms. The molecule has 0 saturated carbocycles. The van der Waals surface area contributed by atoms with Crippen LogP contribution in [0.15, 0.2) is 53.5 Å². The van der Waals surface area contributed by atoms with Crippen molar-refractivity contribution in [1.82, 2.24) is 20.4 Å². The fourth-order valence-electron chi connectivity index (χ4n) is 3.51. The van der Waals surface area contributed by atoms with Crippen LogP contribution in [-0.2, 0) is 19.5 Å². The second-order valence-corrected chi connectivity index (χ2v) is 7.60. The summed E-state index contributed by atoms with van der Waals surface area (Å²) in [5, 5.41) is 6.41. The van der Waals surface area contributed by atoms with Crippen molar-refractivity contribution in [2.75, 3.05) is 40.8 Å². The molecular formula is C23H31N5O. The van der Waals surface area contributed by atoms with Crippen LogP contribution in [0.1, 0.15) is 27.0 Å². The van der Waals surface area contributed by atoms with Crippen LogP contribution in [0.3, 0.4) is 0 Å². The van der Waals surface area contributed by atoms with Crippen LogP contribution in [0.5, 0.6) is 0 Å². The van der Waals surface area contributed by atoms with E-state index in [2.05, 4.69) is 44.8 Å². The summed E-state index contributed by atoms with van der Waals surface area (Å²) < 4.78 is 0. The van der Waals surface area contributed by atoms with Crippen molar-refractivity contribution >= 4 is 11.9 Å². The van der Waals surface area contributed by atoms with Crippen molar-refractivity contribution in [2.45, 2.75) is 19.5 Å². The fraction of sp³-hybridized carbons (Fsp3) is 0.391. The van der Waals surface area contributed by atoms with E-state index in [1.165, 1.54) is 11.1 Å². The van der Waals surface area contributed by atoms with Crippen LogP contribution in [0, 0.1) is 0 Å². The lowest BCUT2D eigenvalue weighted by Crippen LogP contribution is -2.43. The van der Waals surface area contributed by atoms with Gasteiger partial charge >= 0.3 is 0 Å². The monoisotopic (exact) mass is 393 g/mol. The lowest BCUT2D eigenvalue weighted by Gasteiger charge is -2.31. The highest BCUT2D eigenvalue weighted by Gasteiger charge is 2.18. The molecule has 1 heterocycles. The highest BCUT2D eigenvalue weighted by molar-refractivity contribution is 5.94. The van der Waals surface area contributed by atoms with Gasteiger partial charge in [-0.15, -0.1) is 0 Å². The third-order valence-electron chi connectivity index (χ3n) is 5.13. The van der Waals surface area contributed by atoms with Crippen molar-refractivity contribution in [1.29, 1.82) is 0 Å². The van der Waals surface area contributed by atoms with Crippen molar-refractivity contribution in [3.05, 3.63) is 70.8 Å². The maximum Gasteiger partial charge on any atom is 0.251 e. The van der Waals surface area contributed by atoms with Gasteiger partial charge in [0.25, 0.3) is 5.91 Å². The summed E-state index contributed by atoms with van der Waals surface area (Å²) in [6.07, 6.45) is 1.03. The summed E-state index contributed by atoms with van der Waals surface area (Å²) in [6, 6.07) is 16.3. The number of hydrogen-bond acceptors (Lipinski definition) is 3. The van der Waals surface area contributed by atoms with Crippen molar-refractivity contribution in [2.24, 2.45) is 4.99 Å². The van der Waals surface area contributed by atoms with Gasteiger partial charge in [-0.25, -0.2) is 0 Å². The number of hydrogen-bond donors (Lipinski definition) is 2. The number of carbonyl (C=O) groups is 1. The van der Waals surface area contributed by atoms with Gasteiger partial charge in [-0.05, 0) is 49.3 Å². The van der Waals surface area contributed by atoms with E-state index in [0.29, 0.717) is 18.7 Å². The van der Waals surface area contributed by atoms with Crippen LogP contribution in [0.2, 0.25) is 0 Å². The Morgan fingerprint density at radius 3 is 2.66 bits per heavy atom. The lowest BCUT2D eigenvalue weighted by atomic mass is 10.0. The van der Waals surface area contributed by atoms with Gasteiger partial charge in [0, 0.05) is 45.3 Å². The van der Waals surface area contributed by atoms with Crippen LogP contribution in [-0.4, -0.2) is 62.4 Å². The number of benzene rings is 2. The highest BCUT2D eigenvalue weighted by atomic mass is 16.1. The second-order valence-electron chi connectivity index (χ2n) is 7.60. The normalized spacial score (nSPS) is 13.9. The number of nitrogens with one attached hydrogen (secondary N) is 2. The molecule has 29 heavy (non-hydrogen) atoms. The van der Waals surface area contributed by atoms with Gasteiger partial charge in [0.15, 0.2) is 5.96 Å². The van der Waals surface area contributed by atoms with Gasteiger partial charge in [-0.1, -0.05) is 36.4 Å². The molecule has 0 fully saturated rings. The second kappa shape index (κ2) is 10.1. The summed E-state index contributed by atoms with van der Waals surface area (Å²) in [7, 11) is 5.80. The molecule has 0 radical (unpaired) electrons. The molecule has 3 rings (SSSR count). The largest absolute Gasteiger partial charge is 0.352 e. The first kappa shape index (κ1) is 20.9. The number of rotatable bonds is 6. The average molecular weight is 394 g/mol. The summed E-state index contributed by atoms with van der Waals surface area (Å²) in [6.45, 7) is 3.90. The zero-order chi connectivity index (χ0) is 20.6. The summed E-state index contributed by atoms with van der Waals surface area (Å²) in [4.78, 5) is 21.1.